The Labute approximate surface area is 216 Å². The first kappa shape index (κ1) is 22.0. The molecule has 1 aliphatic carbocycles. The van der Waals surface area contributed by atoms with Crippen molar-refractivity contribution in [3.05, 3.63) is 156 Å². The summed E-state index contributed by atoms with van der Waals surface area (Å²) in [5, 5.41) is 29.3. The number of hydrogen-bond donors (Lipinski definition) is 2. The van der Waals surface area contributed by atoms with E-state index in [1.807, 2.05) is 72.8 Å². The first-order valence-electron chi connectivity index (χ1n) is 12.7. The SMILES string of the molecule is OC(c1cccc2ccccc12)C1(C(O)c2cccc3ccccc23)c2ccccc2-c2ccccc21. The lowest BCUT2D eigenvalue weighted by molar-refractivity contribution is 0.00681. The minimum atomic E-state index is -1.11. The maximum Gasteiger partial charge on any atom is 0.0962 e. The molecule has 1 aliphatic rings. The van der Waals surface area contributed by atoms with Gasteiger partial charge < -0.3 is 10.2 Å². The average Bonchev–Trinajstić information content (AvgIpc) is 3.27. The molecule has 2 unspecified atom stereocenters. The molecule has 2 nitrogen and oxygen atoms in total. The molecule has 178 valence electrons. The standard InChI is InChI=1S/C35H26O2/c36-33(29-19-9-13-23-11-1-3-15-25(23)29)35(34(37)30-20-10-14-24-12-2-4-16-26(24)30)31-21-7-5-17-27(31)28-18-6-8-22-32(28)35/h1-22,33-34,36-37H. The molecule has 0 heterocycles. The van der Waals surface area contributed by atoms with Gasteiger partial charge in [-0.05, 0) is 54.9 Å². The number of rotatable bonds is 4. The molecule has 0 bridgehead atoms. The highest BCUT2D eigenvalue weighted by molar-refractivity contribution is 5.90. The fourth-order valence-electron chi connectivity index (χ4n) is 6.51. The topological polar surface area (TPSA) is 40.5 Å². The van der Waals surface area contributed by atoms with Gasteiger partial charge in [-0.1, -0.05) is 133 Å². The summed E-state index contributed by atoms with van der Waals surface area (Å²) in [6.45, 7) is 0. The van der Waals surface area contributed by atoms with E-state index in [0.717, 1.165) is 54.9 Å². The van der Waals surface area contributed by atoms with Crippen LogP contribution < -0.4 is 0 Å². The summed E-state index contributed by atoms with van der Waals surface area (Å²) in [5.41, 5.74) is 4.50. The number of hydrogen-bond acceptors (Lipinski definition) is 2. The summed E-state index contributed by atoms with van der Waals surface area (Å²) in [4.78, 5) is 0. The van der Waals surface area contributed by atoms with Crippen LogP contribution in [0.2, 0.25) is 0 Å². The summed E-state index contributed by atoms with van der Waals surface area (Å²) >= 11 is 0. The van der Waals surface area contributed by atoms with Gasteiger partial charge in [-0.15, -0.1) is 0 Å². The largest absolute Gasteiger partial charge is 0.387 e. The van der Waals surface area contributed by atoms with Gasteiger partial charge in [0.25, 0.3) is 0 Å². The predicted octanol–water partition coefficient (Wildman–Crippen LogP) is 7.73. The van der Waals surface area contributed by atoms with E-state index in [2.05, 4.69) is 60.7 Å². The lowest BCUT2D eigenvalue weighted by Crippen LogP contribution is -2.40. The van der Waals surface area contributed by atoms with Gasteiger partial charge in [0, 0.05) is 0 Å². The summed E-state index contributed by atoms with van der Waals surface area (Å²) in [6, 6.07) is 44.8. The third kappa shape index (κ3) is 3.07. The zero-order chi connectivity index (χ0) is 25.0. The van der Waals surface area contributed by atoms with Crippen molar-refractivity contribution in [2.45, 2.75) is 17.6 Å². The molecular weight excluding hydrogens is 452 g/mol. The van der Waals surface area contributed by atoms with Gasteiger partial charge >= 0.3 is 0 Å². The summed E-state index contributed by atoms with van der Waals surface area (Å²) in [7, 11) is 0. The van der Waals surface area contributed by atoms with Crippen molar-refractivity contribution in [3.63, 3.8) is 0 Å². The van der Waals surface area contributed by atoms with Crippen LogP contribution in [0.1, 0.15) is 34.5 Å². The third-order valence-corrected chi connectivity index (χ3v) is 8.13. The van der Waals surface area contributed by atoms with E-state index in [9.17, 15) is 10.2 Å². The zero-order valence-electron chi connectivity index (χ0n) is 20.3. The molecule has 0 aliphatic heterocycles. The molecular formula is C35H26O2. The lowest BCUT2D eigenvalue weighted by atomic mass is 9.65. The third-order valence-electron chi connectivity index (χ3n) is 8.13. The highest BCUT2D eigenvalue weighted by atomic mass is 16.3. The van der Waals surface area contributed by atoms with Gasteiger partial charge in [-0.3, -0.25) is 0 Å². The second-order valence-corrected chi connectivity index (χ2v) is 9.90. The van der Waals surface area contributed by atoms with Gasteiger partial charge in [0.05, 0.1) is 17.6 Å². The van der Waals surface area contributed by atoms with Gasteiger partial charge in [-0.2, -0.15) is 0 Å². The molecule has 0 radical (unpaired) electrons. The van der Waals surface area contributed by atoms with Gasteiger partial charge in [0.2, 0.25) is 0 Å². The first-order valence-corrected chi connectivity index (χ1v) is 12.7. The molecule has 2 atom stereocenters. The Morgan fingerprint density at radius 2 is 0.784 bits per heavy atom. The molecule has 0 saturated carbocycles. The van der Waals surface area contributed by atoms with Crippen molar-refractivity contribution in [2.75, 3.05) is 0 Å². The Balaban J connectivity index is 1.59. The van der Waals surface area contributed by atoms with Crippen molar-refractivity contribution in [2.24, 2.45) is 0 Å². The van der Waals surface area contributed by atoms with Crippen molar-refractivity contribution in [1.82, 2.24) is 0 Å². The lowest BCUT2D eigenvalue weighted by Gasteiger charge is -2.42. The van der Waals surface area contributed by atoms with Crippen molar-refractivity contribution in [3.8, 4) is 11.1 Å². The molecule has 0 spiro atoms. The molecule has 6 aromatic rings. The average molecular weight is 479 g/mol. The van der Waals surface area contributed by atoms with E-state index in [1.165, 1.54) is 0 Å². The Bertz CT molecular complexity index is 1640. The van der Waals surface area contributed by atoms with Gasteiger partial charge in [0.1, 0.15) is 0 Å². The monoisotopic (exact) mass is 478 g/mol. The summed E-state index contributed by atoms with van der Waals surface area (Å²) in [5.74, 6) is 0. The minimum absolute atomic E-state index is 0.809. The van der Waals surface area contributed by atoms with E-state index in [0.29, 0.717) is 0 Å². The van der Waals surface area contributed by atoms with Gasteiger partial charge in [-0.25, -0.2) is 0 Å². The molecule has 0 saturated heterocycles. The number of aliphatic hydroxyl groups excluding tert-OH is 2. The van der Waals surface area contributed by atoms with E-state index in [4.69, 9.17) is 0 Å². The van der Waals surface area contributed by atoms with Crippen LogP contribution in [0.15, 0.2) is 133 Å². The number of aliphatic hydroxyl groups is 2. The Morgan fingerprint density at radius 1 is 0.405 bits per heavy atom. The quantitative estimate of drug-likeness (QED) is 0.272. The van der Waals surface area contributed by atoms with Crippen LogP contribution in [-0.4, -0.2) is 10.2 Å². The second kappa shape index (κ2) is 8.41. The molecule has 7 rings (SSSR count). The van der Waals surface area contributed by atoms with E-state index in [1.54, 1.807) is 0 Å². The highest BCUT2D eigenvalue weighted by Crippen LogP contribution is 2.61. The van der Waals surface area contributed by atoms with Gasteiger partial charge in [0.15, 0.2) is 0 Å². The minimum Gasteiger partial charge on any atom is -0.387 e. The Kier molecular flexibility index (Phi) is 5.00. The van der Waals surface area contributed by atoms with E-state index in [-0.39, 0.29) is 0 Å². The van der Waals surface area contributed by atoms with Crippen LogP contribution in [0.5, 0.6) is 0 Å². The molecule has 0 amide bonds. The van der Waals surface area contributed by atoms with Crippen LogP contribution in [0.3, 0.4) is 0 Å². The van der Waals surface area contributed by atoms with Crippen molar-refractivity contribution >= 4 is 21.5 Å². The molecule has 2 N–H and O–H groups in total. The fourth-order valence-corrected chi connectivity index (χ4v) is 6.51. The van der Waals surface area contributed by atoms with Crippen LogP contribution in [0.4, 0.5) is 0 Å². The molecule has 37 heavy (non-hydrogen) atoms. The zero-order valence-corrected chi connectivity index (χ0v) is 20.3. The fraction of sp³-hybridized carbons (Fsp3) is 0.0857. The molecule has 6 aromatic carbocycles. The highest BCUT2D eigenvalue weighted by Gasteiger charge is 2.54. The normalized spacial score (nSPS) is 15.3. The second-order valence-electron chi connectivity index (χ2n) is 9.90. The van der Waals surface area contributed by atoms with E-state index >= 15 is 0 Å². The van der Waals surface area contributed by atoms with Crippen LogP contribution in [-0.2, 0) is 5.41 Å². The van der Waals surface area contributed by atoms with Crippen LogP contribution in [0.25, 0.3) is 32.7 Å². The van der Waals surface area contributed by atoms with Crippen molar-refractivity contribution < 1.29 is 10.2 Å². The smallest absolute Gasteiger partial charge is 0.0962 e. The Morgan fingerprint density at radius 3 is 1.27 bits per heavy atom. The van der Waals surface area contributed by atoms with Crippen LogP contribution in [0, 0.1) is 0 Å². The van der Waals surface area contributed by atoms with E-state index < -0.39 is 17.6 Å². The number of benzene rings is 6. The maximum absolute atomic E-state index is 12.6. The maximum atomic E-state index is 12.6. The predicted molar refractivity (Wildman–Crippen MR) is 150 cm³/mol. The Hall–Kier alpha value is -4.24. The first-order chi connectivity index (χ1) is 18.2. The number of fused-ring (bicyclic) bond motifs is 5. The van der Waals surface area contributed by atoms with Crippen molar-refractivity contribution in [1.29, 1.82) is 0 Å². The molecule has 2 heteroatoms. The van der Waals surface area contributed by atoms with Crippen LogP contribution >= 0.6 is 0 Å². The molecule has 0 aromatic heterocycles. The summed E-state index contributed by atoms with van der Waals surface area (Å²) < 4.78 is 0. The summed E-state index contributed by atoms with van der Waals surface area (Å²) in [6.07, 6.45) is -2.00. The molecule has 0 fully saturated rings.